The van der Waals surface area contributed by atoms with Gasteiger partial charge in [-0.15, -0.1) is 4.68 Å². The molecule has 0 aliphatic carbocycles. The fourth-order valence-corrected chi connectivity index (χ4v) is 3.86. The van der Waals surface area contributed by atoms with E-state index in [4.69, 9.17) is 4.74 Å². The number of benzene rings is 2. The molecule has 32 heavy (non-hydrogen) atoms. The van der Waals surface area contributed by atoms with Gasteiger partial charge in [0.25, 0.3) is 5.56 Å². The zero-order valence-electron chi connectivity index (χ0n) is 18.2. The van der Waals surface area contributed by atoms with E-state index in [0.29, 0.717) is 16.5 Å². The number of carbonyl (C=O) groups is 1. The molecule has 8 nitrogen and oxygen atoms in total. The number of hydrogen-bond acceptors (Lipinski definition) is 5. The molecule has 1 N–H and O–H groups in total. The lowest BCUT2D eigenvalue weighted by Gasteiger charge is -2.15. The summed E-state index contributed by atoms with van der Waals surface area (Å²) in [6.07, 6.45) is 1.49. The number of esters is 1. The van der Waals surface area contributed by atoms with Gasteiger partial charge in [-0.2, -0.15) is 5.10 Å². The highest BCUT2D eigenvalue weighted by atomic mass is 16.5. The number of hydrogen-bond donors (Lipinski definition) is 1. The van der Waals surface area contributed by atoms with Gasteiger partial charge in [0.2, 0.25) is 0 Å². The number of rotatable bonds is 4. The molecule has 2 heterocycles. The van der Waals surface area contributed by atoms with Crippen molar-refractivity contribution in [1.29, 1.82) is 0 Å². The summed E-state index contributed by atoms with van der Waals surface area (Å²) in [4.78, 5) is 39.8. The molecular weight excluding hydrogens is 408 g/mol. The molecule has 0 aliphatic heterocycles. The number of aromatic nitrogens is 3. The molecule has 0 aliphatic rings. The van der Waals surface area contributed by atoms with E-state index >= 15 is 0 Å². The van der Waals surface area contributed by atoms with Crippen molar-refractivity contribution in [3.05, 3.63) is 97.4 Å². The molecular formula is C24H22N4O4. The molecule has 0 spiro atoms. The van der Waals surface area contributed by atoms with Crippen molar-refractivity contribution in [3.8, 4) is 5.69 Å². The standard InChI is InChI=1S/C24H22N4O4/c1-14-12-17(13-25-28-22(29)19-8-5-6-10-20(19)26-24(28)31)16(3)27(14)21-11-7-9-18(15(21)2)23(30)32-4/h5-13H,1-4H3,(H,26,31). The zero-order valence-corrected chi connectivity index (χ0v) is 18.2. The monoisotopic (exact) mass is 430 g/mol. The first-order valence-corrected chi connectivity index (χ1v) is 9.99. The number of para-hydroxylation sites is 1. The number of nitrogens with zero attached hydrogens (tertiary/aromatic N) is 3. The van der Waals surface area contributed by atoms with Crippen molar-refractivity contribution in [1.82, 2.24) is 14.2 Å². The summed E-state index contributed by atoms with van der Waals surface area (Å²) in [5, 5.41) is 4.54. The first-order valence-electron chi connectivity index (χ1n) is 9.99. The van der Waals surface area contributed by atoms with Crippen LogP contribution in [0.15, 0.2) is 63.2 Å². The van der Waals surface area contributed by atoms with Crippen LogP contribution in [0.1, 0.15) is 32.9 Å². The highest BCUT2D eigenvalue weighted by molar-refractivity contribution is 5.92. The van der Waals surface area contributed by atoms with Crippen LogP contribution in [0, 0.1) is 20.8 Å². The van der Waals surface area contributed by atoms with Gasteiger partial charge in [-0.3, -0.25) is 4.79 Å². The lowest BCUT2D eigenvalue weighted by atomic mass is 10.1. The summed E-state index contributed by atoms with van der Waals surface area (Å²) in [5.74, 6) is -0.400. The fourth-order valence-electron chi connectivity index (χ4n) is 3.86. The first kappa shape index (κ1) is 21.0. The van der Waals surface area contributed by atoms with Gasteiger partial charge < -0.3 is 14.3 Å². The normalized spacial score (nSPS) is 11.4. The van der Waals surface area contributed by atoms with Crippen LogP contribution in [-0.2, 0) is 4.74 Å². The average molecular weight is 430 g/mol. The van der Waals surface area contributed by atoms with Crippen LogP contribution in [-0.4, -0.2) is 33.5 Å². The van der Waals surface area contributed by atoms with Crippen LogP contribution >= 0.6 is 0 Å². The first-order chi connectivity index (χ1) is 15.3. The van der Waals surface area contributed by atoms with Gasteiger partial charge >= 0.3 is 11.7 Å². The average Bonchev–Trinajstić information content (AvgIpc) is 3.06. The summed E-state index contributed by atoms with van der Waals surface area (Å²) < 4.78 is 7.69. The predicted molar refractivity (Wildman–Crippen MR) is 123 cm³/mol. The number of methoxy groups -OCH3 is 1. The van der Waals surface area contributed by atoms with Crippen LogP contribution < -0.4 is 11.2 Å². The Morgan fingerprint density at radius 3 is 2.56 bits per heavy atom. The van der Waals surface area contributed by atoms with Crippen molar-refractivity contribution in [3.63, 3.8) is 0 Å². The molecule has 0 fully saturated rings. The molecule has 0 saturated carbocycles. The molecule has 0 radical (unpaired) electrons. The number of nitrogens with one attached hydrogen (secondary N) is 1. The number of aryl methyl sites for hydroxylation is 1. The van der Waals surface area contributed by atoms with E-state index < -0.39 is 17.2 Å². The SMILES string of the molecule is COC(=O)c1cccc(-n2c(C)cc(C=Nn3c(=O)[nH]c4ccccc4c3=O)c2C)c1C. The van der Waals surface area contributed by atoms with Gasteiger partial charge in [0.15, 0.2) is 0 Å². The maximum absolute atomic E-state index is 12.7. The van der Waals surface area contributed by atoms with Crippen molar-refractivity contribution in [2.75, 3.05) is 7.11 Å². The second-order valence-electron chi connectivity index (χ2n) is 7.44. The summed E-state index contributed by atoms with van der Waals surface area (Å²) in [6.45, 7) is 5.71. The Kier molecular flexibility index (Phi) is 5.36. The maximum atomic E-state index is 12.7. The third-order valence-electron chi connectivity index (χ3n) is 5.52. The quantitative estimate of drug-likeness (QED) is 0.397. The summed E-state index contributed by atoms with van der Waals surface area (Å²) in [7, 11) is 1.35. The van der Waals surface area contributed by atoms with E-state index in [1.165, 1.54) is 13.3 Å². The molecule has 0 atom stereocenters. The van der Waals surface area contributed by atoms with Crippen LogP contribution in [0.3, 0.4) is 0 Å². The van der Waals surface area contributed by atoms with E-state index in [-0.39, 0.29) is 0 Å². The Labute approximate surface area is 183 Å². The number of H-pyrrole nitrogens is 1. The van der Waals surface area contributed by atoms with Gasteiger partial charge in [-0.05, 0) is 56.7 Å². The number of ether oxygens (including phenoxy) is 1. The van der Waals surface area contributed by atoms with E-state index in [0.717, 1.165) is 32.9 Å². The number of aromatic amines is 1. The zero-order chi connectivity index (χ0) is 23.0. The molecule has 0 bridgehead atoms. The van der Waals surface area contributed by atoms with Crippen LogP contribution in [0.25, 0.3) is 16.6 Å². The van der Waals surface area contributed by atoms with Crippen molar-refractivity contribution < 1.29 is 9.53 Å². The van der Waals surface area contributed by atoms with Gasteiger partial charge in [0.05, 0.1) is 29.8 Å². The summed E-state index contributed by atoms with van der Waals surface area (Å²) in [6, 6.07) is 14.1. The minimum absolute atomic E-state index is 0.380. The van der Waals surface area contributed by atoms with Crippen molar-refractivity contribution in [2.24, 2.45) is 5.10 Å². The third kappa shape index (κ3) is 3.45. The van der Waals surface area contributed by atoms with Gasteiger partial charge in [0, 0.05) is 22.6 Å². The van der Waals surface area contributed by atoms with Crippen LogP contribution in [0.5, 0.6) is 0 Å². The second-order valence-corrected chi connectivity index (χ2v) is 7.44. The lowest BCUT2D eigenvalue weighted by molar-refractivity contribution is 0.0600. The second kappa shape index (κ2) is 8.14. The topological polar surface area (TPSA) is 98.4 Å². The molecule has 2 aromatic carbocycles. The van der Waals surface area contributed by atoms with Crippen LogP contribution in [0.4, 0.5) is 0 Å². The summed E-state index contributed by atoms with van der Waals surface area (Å²) in [5.41, 5.74) is 3.97. The highest BCUT2D eigenvalue weighted by Crippen LogP contribution is 2.25. The Bertz CT molecular complexity index is 1500. The maximum Gasteiger partial charge on any atom is 0.349 e. The van der Waals surface area contributed by atoms with Gasteiger partial charge in [-0.1, -0.05) is 18.2 Å². The third-order valence-corrected chi connectivity index (χ3v) is 5.52. The van der Waals surface area contributed by atoms with E-state index in [2.05, 4.69) is 10.1 Å². The molecule has 0 unspecified atom stereocenters. The van der Waals surface area contributed by atoms with E-state index in [1.807, 2.05) is 37.5 Å². The van der Waals surface area contributed by atoms with E-state index in [1.54, 1.807) is 36.4 Å². The number of carbonyl (C=O) groups excluding carboxylic acids is 1. The number of fused-ring (bicyclic) bond motifs is 1. The lowest BCUT2D eigenvalue weighted by Crippen LogP contribution is -2.32. The molecule has 8 heteroatoms. The minimum atomic E-state index is -0.611. The predicted octanol–water partition coefficient (Wildman–Crippen LogP) is 3.07. The largest absolute Gasteiger partial charge is 0.465 e. The van der Waals surface area contributed by atoms with Crippen molar-refractivity contribution >= 4 is 23.1 Å². The highest BCUT2D eigenvalue weighted by Gasteiger charge is 2.16. The minimum Gasteiger partial charge on any atom is -0.465 e. The van der Waals surface area contributed by atoms with Gasteiger partial charge in [0.1, 0.15) is 0 Å². The van der Waals surface area contributed by atoms with Crippen molar-refractivity contribution in [2.45, 2.75) is 20.8 Å². The molecule has 162 valence electrons. The molecule has 4 aromatic rings. The molecule has 2 aromatic heterocycles. The Balaban J connectivity index is 1.80. The Morgan fingerprint density at radius 2 is 1.81 bits per heavy atom. The fraction of sp³-hybridized carbons (Fsp3) is 0.167. The molecule has 0 saturated heterocycles. The smallest absolute Gasteiger partial charge is 0.349 e. The summed E-state index contributed by atoms with van der Waals surface area (Å²) >= 11 is 0. The molecule has 0 amide bonds. The molecule has 4 rings (SSSR count). The Hall–Kier alpha value is -4.20. The van der Waals surface area contributed by atoms with Gasteiger partial charge in [-0.25, -0.2) is 9.59 Å². The van der Waals surface area contributed by atoms with E-state index in [9.17, 15) is 14.4 Å². The Morgan fingerprint density at radius 1 is 1.06 bits per heavy atom. The van der Waals surface area contributed by atoms with Crippen LogP contribution in [0.2, 0.25) is 0 Å².